The molecule has 2 aromatic rings. The van der Waals surface area contributed by atoms with Crippen molar-refractivity contribution in [1.29, 1.82) is 0 Å². The van der Waals surface area contributed by atoms with E-state index in [2.05, 4.69) is 10.0 Å². The Hall–Kier alpha value is -2.22. The standard InChI is InChI=1S/C22H30N2O4S/c1-16(2)13-21(24-29(26,27)20-11-9-17(3)10-12-20)22(25)23-14-18-7-5-6-8-19(18)15-28-4/h5-12,16,21,24H,13-15H2,1-4H3,(H,23,25). The first-order chi connectivity index (χ1) is 13.7. The number of sulfonamides is 1. The fraction of sp³-hybridized carbons (Fsp3) is 0.409. The SMILES string of the molecule is COCc1ccccc1CNC(=O)C(CC(C)C)NS(=O)(=O)c1ccc(C)cc1. The Bertz CT molecular complexity index is 909. The first-order valence-corrected chi connectivity index (χ1v) is 11.1. The molecule has 0 fully saturated rings. The van der Waals surface area contributed by atoms with Gasteiger partial charge in [-0.25, -0.2) is 8.42 Å². The predicted octanol–water partition coefficient (Wildman–Crippen LogP) is 3.15. The van der Waals surface area contributed by atoms with E-state index in [-0.39, 0.29) is 16.7 Å². The van der Waals surface area contributed by atoms with Crippen molar-refractivity contribution >= 4 is 15.9 Å². The van der Waals surface area contributed by atoms with Gasteiger partial charge in [0, 0.05) is 13.7 Å². The van der Waals surface area contributed by atoms with E-state index in [0.29, 0.717) is 19.6 Å². The van der Waals surface area contributed by atoms with Crippen LogP contribution in [0.4, 0.5) is 0 Å². The largest absolute Gasteiger partial charge is 0.380 e. The lowest BCUT2D eigenvalue weighted by Gasteiger charge is -2.21. The molecular formula is C22H30N2O4S. The molecule has 6 nitrogen and oxygen atoms in total. The van der Waals surface area contributed by atoms with E-state index in [4.69, 9.17) is 4.74 Å². The maximum atomic E-state index is 12.8. The van der Waals surface area contributed by atoms with Gasteiger partial charge >= 0.3 is 0 Å². The number of methoxy groups -OCH3 is 1. The van der Waals surface area contributed by atoms with E-state index >= 15 is 0 Å². The fourth-order valence-electron chi connectivity index (χ4n) is 2.98. The molecule has 0 aliphatic rings. The molecule has 0 saturated heterocycles. The average molecular weight is 419 g/mol. The molecule has 0 saturated carbocycles. The molecule has 0 bridgehead atoms. The monoisotopic (exact) mass is 418 g/mol. The molecule has 29 heavy (non-hydrogen) atoms. The van der Waals surface area contributed by atoms with Gasteiger partial charge in [-0.2, -0.15) is 4.72 Å². The van der Waals surface area contributed by atoms with Gasteiger partial charge in [-0.05, 0) is 42.5 Å². The summed E-state index contributed by atoms with van der Waals surface area (Å²) in [5, 5.41) is 2.86. The molecule has 0 spiro atoms. The van der Waals surface area contributed by atoms with Crippen LogP contribution in [-0.2, 0) is 32.7 Å². The molecule has 2 aromatic carbocycles. The number of ether oxygens (including phenoxy) is 1. The lowest BCUT2D eigenvalue weighted by Crippen LogP contribution is -2.47. The Morgan fingerprint density at radius 3 is 2.24 bits per heavy atom. The highest BCUT2D eigenvalue weighted by Gasteiger charge is 2.26. The van der Waals surface area contributed by atoms with Gasteiger partial charge < -0.3 is 10.1 Å². The number of benzene rings is 2. The van der Waals surface area contributed by atoms with Crippen LogP contribution in [0.3, 0.4) is 0 Å². The van der Waals surface area contributed by atoms with E-state index in [1.807, 2.05) is 45.0 Å². The Balaban J connectivity index is 2.13. The highest BCUT2D eigenvalue weighted by atomic mass is 32.2. The third kappa shape index (κ3) is 6.96. The Kier molecular flexibility index (Phi) is 8.37. The number of aryl methyl sites for hydroxylation is 1. The second-order valence-corrected chi connectivity index (χ2v) is 9.25. The predicted molar refractivity (Wildman–Crippen MR) is 114 cm³/mol. The minimum absolute atomic E-state index is 0.146. The van der Waals surface area contributed by atoms with Crippen LogP contribution in [0.5, 0.6) is 0 Å². The minimum atomic E-state index is -3.80. The zero-order valence-corrected chi connectivity index (χ0v) is 18.3. The van der Waals surface area contributed by atoms with Gasteiger partial charge in [0.05, 0.1) is 11.5 Å². The second-order valence-electron chi connectivity index (χ2n) is 7.54. The third-order valence-corrected chi connectivity index (χ3v) is 6.01. The Morgan fingerprint density at radius 1 is 1.03 bits per heavy atom. The summed E-state index contributed by atoms with van der Waals surface area (Å²) in [5.74, 6) is -0.200. The smallest absolute Gasteiger partial charge is 0.241 e. The van der Waals surface area contributed by atoms with Crippen LogP contribution in [0.25, 0.3) is 0 Å². The maximum Gasteiger partial charge on any atom is 0.241 e. The summed E-state index contributed by atoms with van der Waals surface area (Å²) in [6.45, 7) is 6.55. The molecule has 0 aliphatic carbocycles. The van der Waals surface area contributed by atoms with E-state index in [9.17, 15) is 13.2 Å². The molecule has 0 aromatic heterocycles. The van der Waals surface area contributed by atoms with Gasteiger partial charge in [0.25, 0.3) is 0 Å². The first-order valence-electron chi connectivity index (χ1n) is 9.65. The number of hydrogen-bond acceptors (Lipinski definition) is 4. The zero-order valence-electron chi connectivity index (χ0n) is 17.4. The summed E-state index contributed by atoms with van der Waals surface area (Å²) in [4.78, 5) is 13.0. The fourth-order valence-corrected chi connectivity index (χ4v) is 4.19. The highest BCUT2D eigenvalue weighted by molar-refractivity contribution is 7.89. The number of amides is 1. The van der Waals surface area contributed by atoms with Crippen LogP contribution in [0.2, 0.25) is 0 Å². The zero-order chi connectivity index (χ0) is 21.4. The van der Waals surface area contributed by atoms with Crippen molar-refractivity contribution in [2.75, 3.05) is 7.11 Å². The van der Waals surface area contributed by atoms with E-state index < -0.39 is 16.1 Å². The molecular weight excluding hydrogens is 388 g/mol. The summed E-state index contributed by atoms with van der Waals surface area (Å²) in [6, 6.07) is 13.4. The normalized spacial score (nSPS) is 12.7. The third-order valence-electron chi connectivity index (χ3n) is 4.52. The number of hydrogen-bond donors (Lipinski definition) is 2. The number of nitrogens with one attached hydrogen (secondary N) is 2. The first kappa shape index (κ1) is 23.1. The van der Waals surface area contributed by atoms with E-state index in [0.717, 1.165) is 16.7 Å². The second kappa shape index (κ2) is 10.5. The van der Waals surface area contributed by atoms with Crippen molar-refractivity contribution in [2.45, 2.75) is 51.3 Å². The molecule has 2 rings (SSSR count). The van der Waals surface area contributed by atoms with Gasteiger partial charge in [0.2, 0.25) is 15.9 Å². The van der Waals surface area contributed by atoms with Crippen LogP contribution >= 0.6 is 0 Å². The van der Waals surface area contributed by atoms with Crippen molar-refractivity contribution in [3.8, 4) is 0 Å². The Morgan fingerprint density at radius 2 is 1.66 bits per heavy atom. The van der Waals surface area contributed by atoms with E-state index in [1.165, 1.54) is 0 Å². The molecule has 0 radical (unpaired) electrons. The molecule has 0 heterocycles. The number of carbonyl (C=O) groups excluding carboxylic acids is 1. The number of rotatable bonds is 10. The van der Waals surface area contributed by atoms with Crippen molar-refractivity contribution in [3.05, 3.63) is 65.2 Å². The van der Waals surface area contributed by atoms with Crippen molar-refractivity contribution in [2.24, 2.45) is 5.92 Å². The lowest BCUT2D eigenvalue weighted by atomic mass is 10.0. The summed E-state index contributed by atoms with van der Waals surface area (Å²) < 4.78 is 33.3. The summed E-state index contributed by atoms with van der Waals surface area (Å²) >= 11 is 0. The maximum absolute atomic E-state index is 12.8. The Labute approximate surface area is 173 Å². The van der Waals surface area contributed by atoms with Crippen molar-refractivity contribution in [1.82, 2.24) is 10.0 Å². The van der Waals surface area contributed by atoms with Crippen LogP contribution in [0.15, 0.2) is 53.4 Å². The van der Waals surface area contributed by atoms with Gasteiger partial charge in [-0.3, -0.25) is 4.79 Å². The lowest BCUT2D eigenvalue weighted by molar-refractivity contribution is -0.123. The van der Waals surface area contributed by atoms with Crippen LogP contribution in [0.1, 0.15) is 37.0 Å². The minimum Gasteiger partial charge on any atom is -0.380 e. The van der Waals surface area contributed by atoms with Crippen LogP contribution in [0, 0.1) is 12.8 Å². The molecule has 158 valence electrons. The van der Waals surface area contributed by atoms with Gasteiger partial charge in [-0.15, -0.1) is 0 Å². The van der Waals surface area contributed by atoms with Gasteiger partial charge in [0.1, 0.15) is 6.04 Å². The van der Waals surface area contributed by atoms with Gasteiger partial charge in [0.15, 0.2) is 0 Å². The van der Waals surface area contributed by atoms with Crippen molar-refractivity contribution < 1.29 is 17.9 Å². The molecule has 2 N–H and O–H groups in total. The molecule has 1 unspecified atom stereocenters. The average Bonchev–Trinajstić information content (AvgIpc) is 2.66. The summed E-state index contributed by atoms with van der Waals surface area (Å²) in [5.41, 5.74) is 2.89. The summed E-state index contributed by atoms with van der Waals surface area (Å²) in [7, 11) is -2.18. The quantitative estimate of drug-likeness (QED) is 0.621. The topological polar surface area (TPSA) is 84.5 Å². The van der Waals surface area contributed by atoms with E-state index in [1.54, 1.807) is 31.4 Å². The highest BCUT2D eigenvalue weighted by Crippen LogP contribution is 2.14. The van der Waals surface area contributed by atoms with Crippen molar-refractivity contribution in [3.63, 3.8) is 0 Å². The molecule has 7 heteroatoms. The van der Waals surface area contributed by atoms with Crippen LogP contribution in [-0.4, -0.2) is 27.5 Å². The summed E-state index contributed by atoms with van der Waals surface area (Å²) in [6.07, 6.45) is 0.399. The molecule has 1 atom stereocenters. The molecule has 0 aliphatic heterocycles. The molecule has 1 amide bonds. The number of carbonyl (C=O) groups is 1. The van der Waals surface area contributed by atoms with Crippen LogP contribution < -0.4 is 10.0 Å². The van der Waals surface area contributed by atoms with Gasteiger partial charge in [-0.1, -0.05) is 55.8 Å².